The molecular weight excluding hydrogens is 713 g/mol. The maximum Gasteiger partial charge on any atom is 0.410 e. The van der Waals surface area contributed by atoms with Gasteiger partial charge in [0, 0.05) is 30.9 Å². The van der Waals surface area contributed by atoms with Crippen LogP contribution < -0.4 is 15.4 Å². The van der Waals surface area contributed by atoms with Crippen molar-refractivity contribution >= 4 is 45.7 Å². The van der Waals surface area contributed by atoms with E-state index in [9.17, 15) is 41.6 Å². The van der Waals surface area contributed by atoms with Crippen LogP contribution in [0.25, 0.3) is 0 Å². The third kappa shape index (κ3) is 9.23. The Hall–Kier alpha value is -4.80. The summed E-state index contributed by atoms with van der Waals surface area (Å²) in [5.41, 5.74) is -1.64. The molecule has 5 amide bonds. The summed E-state index contributed by atoms with van der Waals surface area (Å²) in [6, 6.07) is 1.79. The van der Waals surface area contributed by atoms with Crippen molar-refractivity contribution in [3.8, 4) is 0 Å². The molecule has 288 valence electrons. The Kier molecular flexibility index (Phi) is 11.4. The molecule has 15 nitrogen and oxygen atoms in total. The van der Waals surface area contributed by atoms with Gasteiger partial charge >= 0.3 is 12.2 Å². The number of sulfonamides is 1. The molecule has 0 spiro atoms. The number of carbonyl (C=O) groups excluding carboxylic acids is 6. The van der Waals surface area contributed by atoms with Crippen LogP contribution in [0.5, 0.6) is 0 Å². The van der Waals surface area contributed by atoms with Crippen LogP contribution in [0.3, 0.4) is 0 Å². The van der Waals surface area contributed by atoms with Gasteiger partial charge in [-0.2, -0.15) is 0 Å². The number of hydrogen-bond acceptors (Lipinski definition) is 10. The van der Waals surface area contributed by atoms with E-state index in [1.54, 1.807) is 33.8 Å². The summed E-state index contributed by atoms with van der Waals surface area (Å²) in [4.78, 5) is 82.8. The third-order valence-corrected chi connectivity index (χ3v) is 11.4. The molecule has 1 aromatic rings. The number of amides is 5. The zero-order valence-electron chi connectivity index (χ0n) is 30.2. The number of allylic oxidation sites excluding steroid dienone is 2. The van der Waals surface area contributed by atoms with Crippen molar-refractivity contribution in [2.45, 2.75) is 114 Å². The Bertz CT molecular complexity index is 1820. The molecule has 1 saturated heterocycles. The number of hydrogen-bond donors (Lipinski definition) is 3. The Morgan fingerprint density at radius 3 is 2.45 bits per heavy atom. The van der Waals surface area contributed by atoms with Crippen molar-refractivity contribution in [2.75, 3.05) is 6.54 Å². The quantitative estimate of drug-likeness (QED) is 0.199. The smallest absolute Gasteiger partial charge is 0.410 e. The number of fused-ring (bicyclic) bond motifs is 1. The minimum Gasteiger partial charge on any atom is -0.444 e. The van der Waals surface area contributed by atoms with Crippen LogP contribution in [0.4, 0.5) is 14.0 Å². The van der Waals surface area contributed by atoms with Crippen LogP contribution in [-0.2, 0) is 51.8 Å². The van der Waals surface area contributed by atoms with Crippen molar-refractivity contribution in [1.29, 1.82) is 0 Å². The SMILES string of the molecule is C=C[C@@H]1C[C@]1(NC(=O)[C@@H]1C[C@@H](OC(=O)N2Cc3cccc(F)c3C2)CN1C(=O)[C@H](CCC(=O)/C=C/C)NC(=O)OC(C)(C)C)C(=O)NS(=O)(=O)C1CC1. The van der Waals surface area contributed by atoms with Gasteiger partial charge in [0.05, 0.1) is 18.3 Å². The van der Waals surface area contributed by atoms with E-state index in [1.807, 2.05) is 0 Å². The zero-order valence-corrected chi connectivity index (χ0v) is 31.0. The van der Waals surface area contributed by atoms with Gasteiger partial charge in [-0.05, 0) is 71.1 Å². The summed E-state index contributed by atoms with van der Waals surface area (Å²) in [5, 5.41) is 4.46. The predicted octanol–water partition coefficient (Wildman–Crippen LogP) is 2.74. The van der Waals surface area contributed by atoms with Crippen molar-refractivity contribution < 1.29 is 51.0 Å². The first-order chi connectivity index (χ1) is 24.9. The fraction of sp³-hybridized carbons (Fsp3) is 0.556. The minimum atomic E-state index is -3.97. The fourth-order valence-corrected chi connectivity index (χ4v) is 7.95. The summed E-state index contributed by atoms with van der Waals surface area (Å²) in [6.45, 7) is 9.95. The second kappa shape index (κ2) is 15.3. The van der Waals surface area contributed by atoms with E-state index in [0.29, 0.717) is 24.0 Å². The maximum atomic E-state index is 14.4. The maximum absolute atomic E-state index is 14.4. The highest BCUT2D eigenvalue weighted by Gasteiger charge is 2.62. The van der Waals surface area contributed by atoms with E-state index in [2.05, 4.69) is 21.9 Å². The van der Waals surface area contributed by atoms with Gasteiger partial charge in [-0.1, -0.05) is 24.3 Å². The number of alkyl carbamates (subject to hydrolysis) is 1. The molecule has 0 unspecified atom stereocenters. The number of halogens is 1. The molecule has 3 N–H and O–H groups in total. The fourth-order valence-electron chi connectivity index (χ4n) is 6.58. The first-order valence-corrected chi connectivity index (χ1v) is 19.1. The molecule has 0 bridgehead atoms. The molecule has 2 aliphatic carbocycles. The standard InChI is InChI=1S/C36H46FN5O10S/c1-6-9-23(43)12-15-28(38-33(47)52-35(3,4)5)31(45)42-19-24(51-34(48)41-18-21-10-8-11-27(37)26(21)20-41)16-29(42)30(44)39-36(17-22(36)7-2)32(46)40-53(49,50)25-13-14-25/h6-11,22,24-25,28-29H,2,12-20H2,1,3-5H3,(H,38,47)(H,39,44)(H,40,46)/b9-6+/t22-,24-,28+,29+,36-/m1/s1. The number of ether oxygens (including phenoxy) is 2. The lowest BCUT2D eigenvalue weighted by Crippen LogP contribution is -2.58. The normalized spacial score (nSPS) is 24.2. The Morgan fingerprint density at radius 2 is 1.85 bits per heavy atom. The van der Waals surface area contributed by atoms with Crippen molar-refractivity contribution in [2.24, 2.45) is 5.92 Å². The van der Waals surface area contributed by atoms with E-state index < -0.39 is 86.2 Å². The van der Waals surface area contributed by atoms with Gasteiger partial charge in [0.15, 0.2) is 5.78 Å². The molecule has 1 aromatic carbocycles. The van der Waals surface area contributed by atoms with Gasteiger partial charge in [-0.3, -0.25) is 28.8 Å². The minimum absolute atomic E-state index is 0.0490. The zero-order chi connectivity index (χ0) is 38.9. The average molecular weight is 760 g/mol. The summed E-state index contributed by atoms with van der Waals surface area (Å²) in [5.74, 6) is -3.96. The highest BCUT2D eigenvalue weighted by molar-refractivity contribution is 7.91. The highest BCUT2D eigenvalue weighted by atomic mass is 32.2. The monoisotopic (exact) mass is 759 g/mol. The lowest BCUT2D eigenvalue weighted by Gasteiger charge is -2.30. The van der Waals surface area contributed by atoms with Crippen LogP contribution in [-0.4, -0.2) is 95.0 Å². The molecule has 2 saturated carbocycles. The van der Waals surface area contributed by atoms with Gasteiger partial charge in [-0.15, -0.1) is 6.58 Å². The molecular formula is C36H46FN5O10S. The van der Waals surface area contributed by atoms with Crippen molar-refractivity contribution in [1.82, 2.24) is 25.2 Å². The van der Waals surface area contributed by atoms with E-state index in [0.717, 1.165) is 4.90 Å². The summed E-state index contributed by atoms with van der Waals surface area (Å²) in [7, 11) is -3.97. The number of nitrogens with one attached hydrogen (secondary N) is 3. The number of rotatable bonds is 13. The van der Waals surface area contributed by atoms with E-state index in [-0.39, 0.29) is 51.1 Å². The number of nitrogens with zero attached hydrogens (tertiary/aromatic N) is 2. The number of benzene rings is 1. The van der Waals surface area contributed by atoms with Crippen LogP contribution >= 0.6 is 0 Å². The molecule has 4 aliphatic rings. The molecule has 5 atom stereocenters. The summed E-state index contributed by atoms with van der Waals surface area (Å²) < 4.78 is 52.9. The van der Waals surface area contributed by atoms with Gasteiger partial charge < -0.3 is 25.0 Å². The number of carbonyl (C=O) groups is 6. The van der Waals surface area contributed by atoms with Crippen LogP contribution in [0.2, 0.25) is 0 Å². The van der Waals surface area contributed by atoms with Gasteiger partial charge in [0.25, 0.3) is 5.91 Å². The number of ketones is 1. The summed E-state index contributed by atoms with van der Waals surface area (Å²) in [6.07, 6.45) is 1.77. The highest BCUT2D eigenvalue weighted by Crippen LogP contribution is 2.45. The Morgan fingerprint density at radius 1 is 1.13 bits per heavy atom. The van der Waals surface area contributed by atoms with Gasteiger partial charge in [0.1, 0.15) is 35.1 Å². The average Bonchev–Trinajstić information content (AvgIpc) is 3.96. The van der Waals surface area contributed by atoms with Crippen molar-refractivity contribution in [3.05, 3.63) is 60.0 Å². The second-order valence-corrected chi connectivity index (χ2v) is 16.8. The first kappa shape index (κ1) is 39.4. The molecule has 5 rings (SSSR count). The molecule has 0 aromatic heterocycles. The Balaban J connectivity index is 1.39. The largest absolute Gasteiger partial charge is 0.444 e. The molecule has 17 heteroatoms. The van der Waals surface area contributed by atoms with Gasteiger partial charge in [0.2, 0.25) is 21.8 Å². The predicted molar refractivity (Wildman–Crippen MR) is 188 cm³/mol. The molecule has 53 heavy (non-hydrogen) atoms. The summed E-state index contributed by atoms with van der Waals surface area (Å²) >= 11 is 0. The lowest BCUT2D eigenvalue weighted by molar-refractivity contribution is -0.141. The van der Waals surface area contributed by atoms with E-state index in [1.165, 1.54) is 35.3 Å². The van der Waals surface area contributed by atoms with E-state index in [4.69, 9.17) is 9.47 Å². The molecule has 2 aliphatic heterocycles. The van der Waals surface area contributed by atoms with Crippen LogP contribution in [0.15, 0.2) is 43.0 Å². The molecule has 3 fully saturated rings. The van der Waals surface area contributed by atoms with Crippen LogP contribution in [0.1, 0.15) is 77.3 Å². The second-order valence-electron chi connectivity index (χ2n) is 14.9. The topological polar surface area (TPSA) is 198 Å². The Labute approximate surface area is 307 Å². The van der Waals surface area contributed by atoms with Crippen LogP contribution in [0, 0.1) is 11.7 Å². The lowest BCUT2D eigenvalue weighted by atomic mass is 10.1. The molecule has 0 radical (unpaired) electrons. The molecule has 2 heterocycles. The van der Waals surface area contributed by atoms with E-state index >= 15 is 0 Å². The first-order valence-electron chi connectivity index (χ1n) is 17.6. The number of likely N-dealkylation sites (tertiary alicyclic amines) is 1. The van der Waals surface area contributed by atoms with Gasteiger partial charge in [-0.25, -0.2) is 22.4 Å². The van der Waals surface area contributed by atoms with Crippen molar-refractivity contribution in [3.63, 3.8) is 0 Å². The third-order valence-electron chi connectivity index (χ3n) is 9.57.